The van der Waals surface area contributed by atoms with Crippen LogP contribution in [-0.2, 0) is 19.0 Å². The number of carbonyl (C=O) groups excluding carboxylic acids is 1. The summed E-state index contributed by atoms with van der Waals surface area (Å²) in [4.78, 5) is 11.7. The van der Waals surface area contributed by atoms with E-state index < -0.39 is 37.3 Å². The molecule has 4 saturated carbocycles. The summed E-state index contributed by atoms with van der Waals surface area (Å²) in [5.41, 5.74) is 0.512. The first-order valence-corrected chi connectivity index (χ1v) is 14.3. The molecular formula is C29H46O8. The highest BCUT2D eigenvalue weighted by atomic mass is 16.7. The average molecular weight is 523 g/mol. The van der Waals surface area contributed by atoms with Crippen molar-refractivity contribution in [1.82, 2.24) is 0 Å². The topological polar surface area (TPSA) is 126 Å². The van der Waals surface area contributed by atoms with Crippen LogP contribution in [0, 0.1) is 40.4 Å². The third kappa shape index (κ3) is 4.70. The molecule has 0 aromatic rings. The van der Waals surface area contributed by atoms with Crippen LogP contribution in [0.4, 0.5) is 0 Å². The molecule has 8 heteroatoms. The summed E-state index contributed by atoms with van der Waals surface area (Å²) >= 11 is 0. The van der Waals surface area contributed by atoms with Gasteiger partial charge in [-0.3, -0.25) is 0 Å². The van der Waals surface area contributed by atoms with Crippen LogP contribution < -0.4 is 0 Å². The third-order valence-electron chi connectivity index (χ3n) is 11.5. The highest BCUT2D eigenvalue weighted by Gasteiger charge is 2.60. The zero-order valence-electron chi connectivity index (χ0n) is 22.5. The number of ether oxygens (including phenoxy) is 3. The summed E-state index contributed by atoms with van der Waals surface area (Å²) in [5.74, 6) is 2.82. The number of aliphatic hydroxyl groups excluding tert-OH is 4. The van der Waals surface area contributed by atoms with E-state index in [9.17, 15) is 25.2 Å². The van der Waals surface area contributed by atoms with Crippen LogP contribution in [0.1, 0.15) is 71.6 Å². The van der Waals surface area contributed by atoms with Gasteiger partial charge < -0.3 is 34.6 Å². The van der Waals surface area contributed by atoms with Gasteiger partial charge in [-0.1, -0.05) is 19.9 Å². The Hall–Kier alpha value is -1.03. The van der Waals surface area contributed by atoms with Gasteiger partial charge in [-0.2, -0.15) is 0 Å². The second-order valence-electron chi connectivity index (χ2n) is 13.0. The van der Waals surface area contributed by atoms with Gasteiger partial charge in [0.15, 0.2) is 6.29 Å². The Morgan fingerprint density at radius 3 is 2.41 bits per heavy atom. The fourth-order valence-electron chi connectivity index (χ4n) is 9.33. The maximum absolute atomic E-state index is 11.7. The number of allylic oxidation sites excluding steroid dienone is 1. The predicted octanol–water partition coefficient (Wildman–Crippen LogP) is 2.56. The van der Waals surface area contributed by atoms with Crippen molar-refractivity contribution in [1.29, 1.82) is 0 Å². The second-order valence-corrected chi connectivity index (χ2v) is 13.0. The van der Waals surface area contributed by atoms with Crippen LogP contribution in [0.2, 0.25) is 0 Å². The van der Waals surface area contributed by atoms with Crippen LogP contribution in [-0.4, -0.2) is 76.9 Å². The predicted molar refractivity (Wildman–Crippen MR) is 135 cm³/mol. The van der Waals surface area contributed by atoms with E-state index in [1.54, 1.807) is 6.08 Å². The normalized spacial score (nSPS) is 51.8. The molecule has 13 atom stereocenters. The van der Waals surface area contributed by atoms with Gasteiger partial charge in [0.05, 0.1) is 19.8 Å². The van der Waals surface area contributed by atoms with Crippen LogP contribution >= 0.6 is 0 Å². The van der Waals surface area contributed by atoms with Crippen molar-refractivity contribution in [3.63, 3.8) is 0 Å². The zero-order chi connectivity index (χ0) is 26.5. The molecule has 8 nitrogen and oxygen atoms in total. The van der Waals surface area contributed by atoms with Gasteiger partial charge in [-0.05, 0) is 98.2 Å². The lowest BCUT2D eigenvalue weighted by molar-refractivity contribution is -0.316. The van der Waals surface area contributed by atoms with E-state index in [2.05, 4.69) is 19.9 Å². The maximum atomic E-state index is 11.7. The molecule has 37 heavy (non-hydrogen) atoms. The number of hydrogen-bond acceptors (Lipinski definition) is 8. The first kappa shape index (κ1) is 27.5. The molecule has 210 valence electrons. The quantitative estimate of drug-likeness (QED) is 0.247. The summed E-state index contributed by atoms with van der Waals surface area (Å²) in [6.45, 7) is 4.50. The van der Waals surface area contributed by atoms with Gasteiger partial charge >= 0.3 is 5.97 Å². The lowest BCUT2D eigenvalue weighted by Gasteiger charge is -2.61. The first-order chi connectivity index (χ1) is 17.6. The van der Waals surface area contributed by atoms with Gasteiger partial charge in [0, 0.05) is 6.08 Å². The summed E-state index contributed by atoms with van der Waals surface area (Å²) in [5, 5.41) is 40.1. The molecule has 0 unspecified atom stereocenters. The van der Waals surface area contributed by atoms with Crippen LogP contribution in [0.3, 0.4) is 0 Å². The van der Waals surface area contributed by atoms with Crippen molar-refractivity contribution in [3.8, 4) is 0 Å². The standard InChI is InChI=1S/C29H46O8/c1-28-13-11-21-19(20(28)8-5-16(28)6-9-23(31)35-3)7-4-17-14-18(10-12-29(17,21)2)36-27-26(34)25(33)24(32)22(15-30)37-27/h6,9,16-22,24-27,30,32-34H,4-5,7-8,10-15H2,1-3H3/b9-6+/t16-,17-,18-,19+,20+,21+,22-,24-,25+,26-,27-,28-,29+/m1/s1. The fourth-order valence-corrected chi connectivity index (χ4v) is 9.33. The van der Waals surface area contributed by atoms with Crippen LogP contribution in [0.5, 0.6) is 0 Å². The molecule has 1 heterocycles. The smallest absolute Gasteiger partial charge is 0.330 e. The number of hydrogen-bond donors (Lipinski definition) is 4. The van der Waals surface area contributed by atoms with Gasteiger partial charge in [-0.15, -0.1) is 0 Å². The molecule has 0 amide bonds. The third-order valence-corrected chi connectivity index (χ3v) is 11.5. The number of aliphatic hydroxyl groups is 4. The number of fused-ring (bicyclic) bond motifs is 5. The number of methoxy groups -OCH3 is 1. The fraction of sp³-hybridized carbons (Fsp3) is 0.897. The largest absolute Gasteiger partial charge is 0.466 e. The van der Waals surface area contributed by atoms with Crippen LogP contribution in [0.25, 0.3) is 0 Å². The molecule has 5 fully saturated rings. The van der Waals surface area contributed by atoms with Gasteiger partial charge in [0.1, 0.15) is 24.4 Å². The van der Waals surface area contributed by atoms with Crippen molar-refractivity contribution in [3.05, 3.63) is 12.2 Å². The molecule has 0 bridgehead atoms. The molecule has 0 aromatic heterocycles. The molecule has 4 aliphatic carbocycles. The van der Waals surface area contributed by atoms with E-state index in [4.69, 9.17) is 14.2 Å². The SMILES string of the molecule is COC(=O)/C=C/[C@H]1CC[C@H]2[C@@H]3CC[C@@H]4C[C@H](O[C@@H]5O[C@H](CO)[C@@H](O)[C@H](O)[C@H]5O)CC[C@]4(C)[C@H]3CC[C@]12C. The van der Waals surface area contributed by atoms with Gasteiger partial charge in [0.2, 0.25) is 0 Å². The summed E-state index contributed by atoms with van der Waals surface area (Å²) in [7, 11) is 1.43. The van der Waals surface area contributed by atoms with E-state index in [1.807, 2.05) is 0 Å². The Kier molecular flexibility index (Phi) is 7.82. The average Bonchev–Trinajstić information content (AvgIpc) is 3.23. The Labute approximate surface area is 220 Å². The number of carbonyl (C=O) groups is 1. The molecule has 0 spiro atoms. The zero-order valence-corrected chi connectivity index (χ0v) is 22.5. The molecule has 0 aromatic carbocycles. The Morgan fingerprint density at radius 1 is 0.946 bits per heavy atom. The van der Waals surface area contributed by atoms with E-state index in [0.29, 0.717) is 23.7 Å². The van der Waals surface area contributed by atoms with Gasteiger partial charge in [0.25, 0.3) is 0 Å². The van der Waals surface area contributed by atoms with Crippen molar-refractivity contribution >= 4 is 5.97 Å². The van der Waals surface area contributed by atoms with Crippen molar-refractivity contribution in [2.45, 2.75) is 108 Å². The minimum absolute atomic E-state index is 0.0794. The monoisotopic (exact) mass is 522 g/mol. The minimum atomic E-state index is -1.41. The van der Waals surface area contributed by atoms with Crippen molar-refractivity contribution in [2.75, 3.05) is 13.7 Å². The second kappa shape index (κ2) is 10.5. The molecule has 5 rings (SSSR count). The number of esters is 1. The lowest BCUT2D eigenvalue weighted by Crippen LogP contribution is -2.60. The number of rotatable bonds is 5. The minimum Gasteiger partial charge on any atom is -0.466 e. The van der Waals surface area contributed by atoms with Crippen molar-refractivity contribution in [2.24, 2.45) is 40.4 Å². The van der Waals surface area contributed by atoms with E-state index in [0.717, 1.165) is 31.6 Å². The van der Waals surface area contributed by atoms with Crippen molar-refractivity contribution < 1.29 is 39.4 Å². The summed E-state index contributed by atoms with van der Waals surface area (Å²) < 4.78 is 16.6. The Bertz CT molecular complexity index is 861. The molecule has 4 N–H and O–H groups in total. The maximum Gasteiger partial charge on any atom is 0.330 e. The Balaban J connectivity index is 1.24. The summed E-state index contributed by atoms with van der Waals surface area (Å²) in [6, 6.07) is 0. The molecule has 1 saturated heterocycles. The highest BCUT2D eigenvalue weighted by Crippen LogP contribution is 2.67. The summed E-state index contributed by atoms with van der Waals surface area (Å²) in [6.07, 6.45) is 7.58. The molecule has 1 aliphatic heterocycles. The van der Waals surface area contributed by atoms with E-state index in [1.165, 1.54) is 39.2 Å². The molecule has 0 radical (unpaired) electrons. The highest BCUT2D eigenvalue weighted by molar-refractivity contribution is 5.81. The molecule has 5 aliphatic rings. The first-order valence-electron chi connectivity index (χ1n) is 14.3. The van der Waals surface area contributed by atoms with Crippen LogP contribution in [0.15, 0.2) is 12.2 Å². The lowest BCUT2D eigenvalue weighted by atomic mass is 9.44. The van der Waals surface area contributed by atoms with Gasteiger partial charge in [-0.25, -0.2) is 4.79 Å². The van der Waals surface area contributed by atoms with E-state index >= 15 is 0 Å². The Morgan fingerprint density at radius 2 is 1.68 bits per heavy atom. The van der Waals surface area contributed by atoms with E-state index in [-0.39, 0.29) is 22.9 Å². The molecular weight excluding hydrogens is 476 g/mol.